The molecule has 4 aromatic heterocycles. The van der Waals surface area contributed by atoms with E-state index in [1.54, 1.807) is 109 Å². The zero-order valence-corrected chi connectivity index (χ0v) is 38.9. The molecule has 0 N–H and O–H groups in total. The number of hydrogen-bond acceptors (Lipinski definition) is 17. The summed E-state index contributed by atoms with van der Waals surface area (Å²) in [6.45, 7) is -0.459. The normalized spacial score (nSPS) is 15.0. The van der Waals surface area contributed by atoms with Crippen molar-refractivity contribution in [1.29, 1.82) is 21.0 Å². The largest absolute Gasteiger partial charge is 0.457 e. The first-order valence-corrected chi connectivity index (χ1v) is 24.2. The summed E-state index contributed by atoms with van der Waals surface area (Å²) in [5.74, 6) is -2.90. The fraction of sp³-hybridized carbons (Fsp3) is 0.0566. The molecule has 17 heteroatoms. The number of rotatable bonds is 8. The van der Waals surface area contributed by atoms with Gasteiger partial charge in [-0.2, -0.15) is 21.0 Å². The van der Waals surface area contributed by atoms with Crippen molar-refractivity contribution in [2.75, 3.05) is 0 Å². The maximum absolute atomic E-state index is 15.2. The second-order valence-electron chi connectivity index (χ2n) is 15.6. The van der Waals surface area contributed by atoms with Gasteiger partial charge in [-0.25, -0.2) is 19.6 Å². The van der Waals surface area contributed by atoms with Crippen LogP contribution in [0.3, 0.4) is 0 Å². The number of nitriles is 4. The fourth-order valence-electron chi connectivity index (χ4n) is 8.54. The molecule has 13 nitrogen and oxygen atoms in total. The molecule has 0 saturated heterocycles. The lowest BCUT2D eigenvalue weighted by Crippen LogP contribution is -2.52. The van der Waals surface area contributed by atoms with Crippen LogP contribution in [0.5, 0.6) is 5.75 Å². The number of ether oxygens (including phenoxy) is 3. The average Bonchev–Trinajstić information content (AvgIpc) is 4.24. The minimum atomic E-state index is -2.59. The van der Waals surface area contributed by atoms with Crippen LogP contribution < -0.4 is 4.74 Å². The van der Waals surface area contributed by atoms with Crippen molar-refractivity contribution >= 4 is 120 Å². The Morgan fingerprint density at radius 2 is 0.957 bits per heavy atom. The molecule has 11 rings (SSSR count). The molecule has 0 amide bonds. The number of esters is 2. The van der Waals surface area contributed by atoms with E-state index in [9.17, 15) is 30.6 Å². The zero-order chi connectivity index (χ0) is 48.3. The summed E-state index contributed by atoms with van der Waals surface area (Å²) in [4.78, 5) is 68.7. The molecule has 3 aliphatic rings. The SMILES string of the molecule is N#CC(C#N)=C1C(=Nc2cc3sc4c(c3s2)OC(C(=O)OCc2ccccc2)(C(=O)OCc2ccccc2)c2c-4sc3cc(N=C4C(=O)c5ccccc5C4=C(C#N)C#N)sc23)C(=O)c2ccccc21. The van der Waals surface area contributed by atoms with Crippen LogP contribution in [0.15, 0.2) is 142 Å². The first kappa shape index (κ1) is 43.6. The summed E-state index contributed by atoms with van der Waals surface area (Å²) in [6.07, 6.45) is 0. The van der Waals surface area contributed by atoms with Crippen LogP contribution in [0.25, 0.3) is 39.7 Å². The number of Topliss-reactive ketones (excluding diaryl/α,β-unsaturated/α-hetero) is 2. The number of benzene rings is 4. The molecule has 0 atom stereocenters. The molecular formula is C53H24N6O7S4. The molecular weight excluding hydrogens is 961 g/mol. The lowest BCUT2D eigenvalue weighted by atomic mass is 9.90. The van der Waals surface area contributed by atoms with Gasteiger partial charge in [0.25, 0.3) is 0 Å². The zero-order valence-electron chi connectivity index (χ0n) is 35.6. The van der Waals surface area contributed by atoms with E-state index in [4.69, 9.17) is 24.2 Å². The van der Waals surface area contributed by atoms with Gasteiger partial charge in [0.05, 0.1) is 29.4 Å². The highest BCUT2D eigenvalue weighted by molar-refractivity contribution is 7.36. The Morgan fingerprint density at radius 3 is 1.43 bits per heavy atom. The van der Waals surface area contributed by atoms with Gasteiger partial charge in [0.15, 0.2) is 5.75 Å². The molecule has 0 radical (unpaired) electrons. The smallest absolute Gasteiger partial charge is 0.367 e. The number of nitrogens with zero attached hydrogens (tertiary/aromatic N) is 6. The predicted octanol–water partition coefficient (Wildman–Crippen LogP) is 11.5. The Hall–Kier alpha value is -8.94. The number of ketones is 2. The standard InChI is InChI=1S/C53H24N6O7S4/c54-21-29(22-55)39-31-15-7-9-17-33(31)44(60)42(39)58-37-19-35-47(69-37)41-49(67-35)50-46(66-53(41,51(62)64-25-27-11-3-1-4-12-27)52(63)65-26-28-13-5-2-6-14-28)48-36(68-50)20-38(70-48)59-43-40(30(23-56)24-57)32-16-8-10-18-34(32)45(43)61/h1-20H,25-26H2. The molecule has 8 aromatic rings. The van der Waals surface area contributed by atoms with Crippen LogP contribution in [0, 0.1) is 45.3 Å². The van der Waals surface area contributed by atoms with Gasteiger partial charge in [0.1, 0.15) is 70.1 Å². The second-order valence-corrected chi connectivity index (χ2v) is 19.8. The minimum absolute atomic E-state index is 0.0752. The molecule has 5 heterocycles. The highest BCUT2D eigenvalue weighted by Crippen LogP contribution is 2.62. The van der Waals surface area contributed by atoms with E-state index in [2.05, 4.69) is 0 Å². The summed E-state index contributed by atoms with van der Waals surface area (Å²) in [7, 11) is 0. The maximum atomic E-state index is 15.2. The number of carbonyl (C=O) groups is 4. The molecule has 0 fully saturated rings. The fourth-order valence-corrected chi connectivity index (χ4v) is 13.6. The number of aliphatic imine (C=N–C) groups is 2. The number of carbonyl (C=O) groups excluding carboxylic acids is 4. The van der Waals surface area contributed by atoms with Crippen molar-refractivity contribution in [1.82, 2.24) is 0 Å². The third-order valence-electron chi connectivity index (χ3n) is 11.7. The second kappa shape index (κ2) is 17.3. The quantitative estimate of drug-likeness (QED) is 0.0792. The van der Waals surface area contributed by atoms with Crippen molar-refractivity contribution in [3.05, 3.63) is 171 Å². The monoisotopic (exact) mass is 984 g/mol. The summed E-state index contributed by atoms with van der Waals surface area (Å²) in [6, 6.07) is 42.2. The number of thiophene rings is 4. The van der Waals surface area contributed by atoms with E-state index in [0.717, 1.165) is 22.7 Å². The Labute approximate surface area is 412 Å². The van der Waals surface area contributed by atoms with Crippen molar-refractivity contribution < 1.29 is 33.4 Å². The van der Waals surface area contributed by atoms with Crippen LogP contribution in [0.4, 0.5) is 10.0 Å². The summed E-state index contributed by atoms with van der Waals surface area (Å²) >= 11 is 4.77. The van der Waals surface area contributed by atoms with Gasteiger partial charge >= 0.3 is 17.5 Å². The Kier molecular flexibility index (Phi) is 10.8. The van der Waals surface area contributed by atoms with Gasteiger partial charge < -0.3 is 14.2 Å². The van der Waals surface area contributed by atoms with E-state index >= 15 is 9.59 Å². The molecule has 0 unspecified atom stereocenters. The van der Waals surface area contributed by atoms with Crippen LogP contribution in [-0.4, -0.2) is 34.9 Å². The molecule has 0 saturated carbocycles. The number of fused-ring (bicyclic) bond motifs is 9. The van der Waals surface area contributed by atoms with Crippen molar-refractivity contribution in [3.63, 3.8) is 0 Å². The summed E-state index contributed by atoms with van der Waals surface area (Å²) in [5, 5.41) is 40.3. The first-order chi connectivity index (χ1) is 34.2. The summed E-state index contributed by atoms with van der Waals surface area (Å²) in [5.41, 5.74) is -0.249. The topological polar surface area (TPSA) is 216 Å². The van der Waals surface area contributed by atoms with E-state index in [1.165, 1.54) is 22.7 Å². The number of allylic oxidation sites excluding steroid dienone is 4. The van der Waals surface area contributed by atoms with E-state index < -0.39 is 29.1 Å². The Balaban J connectivity index is 1.10. The maximum Gasteiger partial charge on any atom is 0.367 e. The Morgan fingerprint density at radius 1 is 0.543 bits per heavy atom. The third-order valence-corrected chi connectivity index (χ3v) is 16.4. The first-order valence-electron chi connectivity index (χ1n) is 21.0. The lowest BCUT2D eigenvalue weighted by Gasteiger charge is -2.33. The molecule has 0 spiro atoms. The average molecular weight is 985 g/mol. The molecule has 1 aliphatic heterocycles. The molecule has 2 aliphatic carbocycles. The van der Waals surface area contributed by atoms with E-state index in [-0.39, 0.29) is 68.8 Å². The van der Waals surface area contributed by atoms with Crippen LogP contribution in [0.2, 0.25) is 0 Å². The van der Waals surface area contributed by atoms with Gasteiger partial charge in [0.2, 0.25) is 11.6 Å². The van der Waals surface area contributed by atoms with Crippen molar-refractivity contribution in [2.24, 2.45) is 9.98 Å². The predicted molar refractivity (Wildman–Crippen MR) is 265 cm³/mol. The highest BCUT2D eigenvalue weighted by Gasteiger charge is 2.60. The molecule has 332 valence electrons. The van der Waals surface area contributed by atoms with E-state index in [1.807, 2.05) is 36.4 Å². The molecule has 0 bridgehead atoms. The third kappa shape index (κ3) is 6.88. The van der Waals surface area contributed by atoms with Gasteiger partial charge in [-0.15, -0.1) is 45.3 Å². The van der Waals surface area contributed by atoms with Gasteiger partial charge in [-0.05, 0) is 34.4 Å². The molecule has 4 aromatic carbocycles. The van der Waals surface area contributed by atoms with Crippen LogP contribution >= 0.6 is 45.3 Å². The molecule has 70 heavy (non-hydrogen) atoms. The Bertz CT molecular complexity index is 3870. The number of hydrogen-bond donors (Lipinski definition) is 0. The van der Waals surface area contributed by atoms with Gasteiger partial charge in [-0.1, -0.05) is 109 Å². The van der Waals surface area contributed by atoms with Gasteiger partial charge in [0, 0.05) is 27.0 Å². The van der Waals surface area contributed by atoms with Crippen LogP contribution in [-0.2, 0) is 37.9 Å². The van der Waals surface area contributed by atoms with Crippen molar-refractivity contribution in [3.8, 4) is 39.8 Å². The summed E-state index contributed by atoms with van der Waals surface area (Å²) < 4.78 is 21.1. The van der Waals surface area contributed by atoms with Crippen LogP contribution in [0.1, 0.15) is 48.5 Å². The highest BCUT2D eigenvalue weighted by atomic mass is 32.1. The lowest BCUT2D eigenvalue weighted by molar-refractivity contribution is -0.183. The van der Waals surface area contributed by atoms with E-state index in [0.29, 0.717) is 61.4 Å². The van der Waals surface area contributed by atoms with Crippen molar-refractivity contribution in [2.45, 2.75) is 18.8 Å². The van der Waals surface area contributed by atoms with Gasteiger partial charge in [-0.3, -0.25) is 9.59 Å². The minimum Gasteiger partial charge on any atom is -0.457 e.